The number of ether oxygens (including phenoxy) is 1. The van der Waals surface area contributed by atoms with Gasteiger partial charge in [-0.15, -0.1) is 0 Å². The molecule has 3 nitrogen and oxygen atoms in total. The van der Waals surface area contributed by atoms with Crippen molar-refractivity contribution in [1.29, 1.82) is 0 Å². The quantitative estimate of drug-likeness (QED) is 0.821. The van der Waals surface area contributed by atoms with E-state index in [-0.39, 0.29) is 11.9 Å². The van der Waals surface area contributed by atoms with Crippen LogP contribution in [0.3, 0.4) is 0 Å². The maximum Gasteiger partial charge on any atom is 0.123 e. The molecular formula is C18H22FNO2. The second kappa shape index (κ2) is 7.92. The molecule has 0 aromatic heterocycles. The van der Waals surface area contributed by atoms with Gasteiger partial charge in [-0.2, -0.15) is 0 Å². The summed E-state index contributed by atoms with van der Waals surface area (Å²) in [4.78, 5) is 0. The molecule has 0 aliphatic carbocycles. The molecule has 0 spiro atoms. The maximum atomic E-state index is 12.9. The lowest BCUT2D eigenvalue weighted by Crippen LogP contribution is -2.24. The average Bonchev–Trinajstić information content (AvgIpc) is 2.54. The number of benzene rings is 2. The molecular weight excluding hydrogens is 281 g/mol. The third kappa shape index (κ3) is 4.55. The molecule has 4 heteroatoms. The van der Waals surface area contributed by atoms with Crippen molar-refractivity contribution < 1.29 is 14.2 Å². The molecule has 2 unspecified atom stereocenters. The number of aliphatic hydroxyl groups is 1. The standard InChI is InChI=1S/C18H22FNO2/c1-3-22-17-10-6-14(7-11-17)13(2)20-12-18(21)15-4-8-16(19)9-5-15/h4-11,13,18,20-21H,3,12H2,1-2H3. The van der Waals surface area contributed by atoms with Gasteiger partial charge in [-0.1, -0.05) is 24.3 Å². The highest BCUT2D eigenvalue weighted by atomic mass is 19.1. The Bertz CT molecular complexity index is 569. The fourth-order valence-corrected chi connectivity index (χ4v) is 2.23. The first-order valence-corrected chi connectivity index (χ1v) is 7.49. The Balaban J connectivity index is 1.88. The molecule has 2 aromatic rings. The van der Waals surface area contributed by atoms with Gasteiger partial charge in [0, 0.05) is 12.6 Å². The number of nitrogens with one attached hydrogen (secondary N) is 1. The Kier molecular flexibility index (Phi) is 5.92. The van der Waals surface area contributed by atoms with E-state index < -0.39 is 6.10 Å². The highest BCUT2D eigenvalue weighted by molar-refractivity contribution is 5.29. The second-order valence-electron chi connectivity index (χ2n) is 5.20. The highest BCUT2D eigenvalue weighted by Gasteiger charge is 2.11. The Hall–Kier alpha value is -1.91. The Morgan fingerprint density at radius 1 is 1.05 bits per heavy atom. The van der Waals surface area contributed by atoms with E-state index in [2.05, 4.69) is 5.32 Å². The van der Waals surface area contributed by atoms with Crippen molar-refractivity contribution in [3.8, 4) is 5.75 Å². The molecule has 22 heavy (non-hydrogen) atoms. The van der Waals surface area contributed by atoms with Crippen LogP contribution in [0.1, 0.15) is 37.1 Å². The largest absolute Gasteiger partial charge is 0.494 e. The zero-order valence-electron chi connectivity index (χ0n) is 12.9. The minimum absolute atomic E-state index is 0.103. The molecule has 118 valence electrons. The van der Waals surface area contributed by atoms with Gasteiger partial charge in [0.1, 0.15) is 11.6 Å². The summed E-state index contributed by atoms with van der Waals surface area (Å²) >= 11 is 0. The summed E-state index contributed by atoms with van der Waals surface area (Å²) in [6.07, 6.45) is -0.661. The number of rotatable bonds is 7. The Morgan fingerprint density at radius 2 is 1.64 bits per heavy atom. The smallest absolute Gasteiger partial charge is 0.123 e. The van der Waals surface area contributed by atoms with Crippen molar-refractivity contribution >= 4 is 0 Å². The normalized spacial score (nSPS) is 13.6. The highest BCUT2D eigenvalue weighted by Crippen LogP contribution is 2.19. The van der Waals surface area contributed by atoms with E-state index in [1.807, 2.05) is 38.1 Å². The van der Waals surface area contributed by atoms with Crippen LogP contribution in [0.25, 0.3) is 0 Å². The number of hydrogen-bond donors (Lipinski definition) is 2. The Labute approximate surface area is 130 Å². The van der Waals surface area contributed by atoms with Gasteiger partial charge in [0.15, 0.2) is 0 Å². The molecule has 0 amide bonds. The number of hydrogen-bond acceptors (Lipinski definition) is 3. The summed E-state index contributed by atoms with van der Waals surface area (Å²) < 4.78 is 18.3. The minimum Gasteiger partial charge on any atom is -0.494 e. The lowest BCUT2D eigenvalue weighted by Gasteiger charge is -2.18. The van der Waals surface area contributed by atoms with Gasteiger partial charge in [0.05, 0.1) is 12.7 Å². The molecule has 0 saturated heterocycles. The molecule has 2 aromatic carbocycles. The molecule has 0 bridgehead atoms. The molecule has 0 fully saturated rings. The Morgan fingerprint density at radius 3 is 2.23 bits per heavy atom. The van der Waals surface area contributed by atoms with Crippen molar-refractivity contribution in [3.05, 3.63) is 65.5 Å². The van der Waals surface area contributed by atoms with E-state index in [4.69, 9.17) is 4.74 Å². The zero-order chi connectivity index (χ0) is 15.9. The van der Waals surface area contributed by atoms with Crippen molar-refractivity contribution in [2.45, 2.75) is 26.0 Å². The summed E-state index contributed by atoms with van der Waals surface area (Å²) in [6.45, 7) is 5.04. The van der Waals surface area contributed by atoms with Crippen LogP contribution in [0.2, 0.25) is 0 Å². The maximum absolute atomic E-state index is 12.9. The van der Waals surface area contributed by atoms with Crippen LogP contribution in [0, 0.1) is 5.82 Å². The van der Waals surface area contributed by atoms with Crippen molar-refractivity contribution in [2.24, 2.45) is 0 Å². The van der Waals surface area contributed by atoms with Crippen LogP contribution in [0.15, 0.2) is 48.5 Å². The first-order valence-electron chi connectivity index (χ1n) is 7.49. The lowest BCUT2D eigenvalue weighted by atomic mass is 10.1. The molecule has 2 N–H and O–H groups in total. The van der Waals surface area contributed by atoms with Crippen LogP contribution in [-0.4, -0.2) is 18.3 Å². The molecule has 0 aliphatic heterocycles. The predicted octanol–water partition coefficient (Wildman–Crippen LogP) is 3.61. The van der Waals surface area contributed by atoms with Crippen molar-refractivity contribution in [3.63, 3.8) is 0 Å². The van der Waals surface area contributed by atoms with Gasteiger partial charge in [-0.05, 0) is 49.2 Å². The minimum atomic E-state index is -0.661. The van der Waals surface area contributed by atoms with Crippen molar-refractivity contribution in [1.82, 2.24) is 5.32 Å². The monoisotopic (exact) mass is 303 g/mol. The van der Waals surface area contributed by atoms with E-state index in [0.29, 0.717) is 18.7 Å². The van der Waals surface area contributed by atoms with Crippen LogP contribution in [0.4, 0.5) is 4.39 Å². The van der Waals surface area contributed by atoms with Gasteiger partial charge >= 0.3 is 0 Å². The van der Waals surface area contributed by atoms with Crippen molar-refractivity contribution in [2.75, 3.05) is 13.2 Å². The van der Waals surface area contributed by atoms with Crippen LogP contribution in [0.5, 0.6) is 5.75 Å². The third-order valence-corrected chi connectivity index (χ3v) is 3.56. The van der Waals surface area contributed by atoms with E-state index in [9.17, 15) is 9.50 Å². The molecule has 0 aliphatic rings. The van der Waals surface area contributed by atoms with Gasteiger partial charge in [-0.3, -0.25) is 0 Å². The van der Waals surface area contributed by atoms with Crippen LogP contribution < -0.4 is 10.1 Å². The summed E-state index contributed by atoms with van der Waals surface area (Å²) in [7, 11) is 0. The average molecular weight is 303 g/mol. The molecule has 0 radical (unpaired) electrons. The molecule has 2 rings (SSSR count). The molecule has 2 atom stereocenters. The van der Waals surface area contributed by atoms with E-state index >= 15 is 0 Å². The summed E-state index contributed by atoms with van der Waals surface area (Å²) in [5, 5.41) is 13.4. The lowest BCUT2D eigenvalue weighted by molar-refractivity contribution is 0.170. The third-order valence-electron chi connectivity index (χ3n) is 3.56. The van der Waals surface area contributed by atoms with Gasteiger partial charge in [0.2, 0.25) is 0 Å². The van der Waals surface area contributed by atoms with Crippen LogP contribution in [-0.2, 0) is 0 Å². The SMILES string of the molecule is CCOc1ccc(C(C)NCC(O)c2ccc(F)cc2)cc1. The fraction of sp³-hybridized carbons (Fsp3) is 0.333. The molecule has 0 saturated carbocycles. The fourth-order valence-electron chi connectivity index (χ4n) is 2.23. The topological polar surface area (TPSA) is 41.5 Å². The van der Waals surface area contributed by atoms with Gasteiger partial charge in [-0.25, -0.2) is 4.39 Å². The summed E-state index contributed by atoms with van der Waals surface area (Å²) in [5.74, 6) is 0.552. The van der Waals surface area contributed by atoms with Crippen LogP contribution >= 0.6 is 0 Å². The predicted molar refractivity (Wildman–Crippen MR) is 85.4 cm³/mol. The summed E-state index contributed by atoms with van der Waals surface area (Å²) in [5.41, 5.74) is 1.82. The summed E-state index contributed by atoms with van der Waals surface area (Å²) in [6, 6.07) is 13.9. The van der Waals surface area contributed by atoms with E-state index in [1.54, 1.807) is 12.1 Å². The van der Waals surface area contributed by atoms with E-state index in [0.717, 1.165) is 11.3 Å². The number of halogens is 1. The first kappa shape index (κ1) is 16.5. The molecule has 0 heterocycles. The van der Waals surface area contributed by atoms with Gasteiger partial charge < -0.3 is 15.2 Å². The zero-order valence-corrected chi connectivity index (χ0v) is 12.9. The first-order chi connectivity index (χ1) is 10.6. The van der Waals surface area contributed by atoms with E-state index in [1.165, 1.54) is 12.1 Å². The van der Waals surface area contributed by atoms with Gasteiger partial charge in [0.25, 0.3) is 0 Å². The number of aliphatic hydroxyl groups excluding tert-OH is 1. The second-order valence-corrected chi connectivity index (χ2v) is 5.20.